The number of rotatable bonds is 6. The zero-order valence-corrected chi connectivity index (χ0v) is 11.7. The Bertz CT molecular complexity index is 530. The van der Waals surface area contributed by atoms with Crippen LogP contribution >= 0.6 is 0 Å². The molecule has 3 N–H and O–H groups in total. The molecule has 21 heavy (non-hydrogen) atoms. The Balaban J connectivity index is 2.06. The van der Waals surface area contributed by atoms with E-state index in [0.29, 0.717) is 19.4 Å². The number of benzene rings is 1. The van der Waals surface area contributed by atoms with Crippen LogP contribution < -0.4 is 11.1 Å². The van der Waals surface area contributed by atoms with Crippen molar-refractivity contribution in [2.75, 3.05) is 13.1 Å². The summed E-state index contributed by atoms with van der Waals surface area (Å²) in [5.41, 5.74) is 6.23. The van der Waals surface area contributed by atoms with Gasteiger partial charge in [-0.3, -0.25) is 14.4 Å². The highest BCUT2D eigenvalue weighted by molar-refractivity contribution is 6.38. The van der Waals surface area contributed by atoms with Gasteiger partial charge in [0.15, 0.2) is 0 Å². The fourth-order valence-electron chi connectivity index (χ4n) is 2.41. The molecule has 1 fully saturated rings. The van der Waals surface area contributed by atoms with Crippen LogP contribution in [0.15, 0.2) is 30.3 Å². The molecule has 0 radical (unpaired) electrons. The highest BCUT2D eigenvalue weighted by atomic mass is 16.2. The minimum atomic E-state index is -0.671. The molecule has 6 nitrogen and oxygen atoms in total. The van der Waals surface area contributed by atoms with Gasteiger partial charge >= 0.3 is 0 Å². The zero-order valence-electron chi connectivity index (χ0n) is 11.7. The van der Waals surface area contributed by atoms with Crippen LogP contribution in [0, 0.1) is 0 Å². The Hall–Kier alpha value is -2.21. The summed E-state index contributed by atoms with van der Waals surface area (Å²) in [6.07, 6.45) is 0.688. The Morgan fingerprint density at radius 3 is 2.67 bits per heavy atom. The van der Waals surface area contributed by atoms with Crippen LogP contribution in [0.25, 0.3) is 0 Å². The van der Waals surface area contributed by atoms with Gasteiger partial charge in [0.05, 0.1) is 0 Å². The molecule has 1 atom stereocenters. The lowest BCUT2D eigenvalue weighted by Crippen LogP contribution is -2.46. The van der Waals surface area contributed by atoms with Crippen molar-refractivity contribution in [3.63, 3.8) is 0 Å². The fourth-order valence-corrected chi connectivity index (χ4v) is 2.41. The molecule has 112 valence electrons. The number of carbonyl (C=O) groups is 3. The molecule has 0 unspecified atom stereocenters. The molecular weight excluding hydrogens is 270 g/mol. The molecular formula is C15H19N3O3. The van der Waals surface area contributed by atoms with Crippen molar-refractivity contribution in [3.8, 4) is 0 Å². The van der Waals surface area contributed by atoms with Crippen LogP contribution in [-0.2, 0) is 20.9 Å². The maximum atomic E-state index is 12.2. The summed E-state index contributed by atoms with van der Waals surface area (Å²) in [6.45, 7) is 0.876. The topological polar surface area (TPSA) is 92.5 Å². The lowest BCUT2D eigenvalue weighted by Gasteiger charge is -2.23. The number of Topliss-reactive ketones (excluding diaryl/α,β-unsaturated/α-hetero) is 1. The van der Waals surface area contributed by atoms with E-state index in [1.807, 2.05) is 30.3 Å². The van der Waals surface area contributed by atoms with Gasteiger partial charge in [-0.1, -0.05) is 30.3 Å². The summed E-state index contributed by atoms with van der Waals surface area (Å²) < 4.78 is 0. The molecule has 0 spiro atoms. The Kier molecular flexibility index (Phi) is 5.05. The SMILES string of the molecule is NCCNC(=O)C(=O)[C@H]1CCC(=O)N1Cc1ccccc1. The molecule has 1 heterocycles. The van der Waals surface area contributed by atoms with Gasteiger partial charge in [-0.15, -0.1) is 0 Å². The average Bonchev–Trinajstić information content (AvgIpc) is 2.86. The van der Waals surface area contributed by atoms with Crippen molar-refractivity contribution in [3.05, 3.63) is 35.9 Å². The molecule has 1 saturated heterocycles. The largest absolute Gasteiger partial charge is 0.348 e. The van der Waals surface area contributed by atoms with Crippen molar-refractivity contribution in [2.45, 2.75) is 25.4 Å². The number of nitrogens with zero attached hydrogens (tertiary/aromatic N) is 1. The van der Waals surface area contributed by atoms with Gasteiger partial charge in [0.2, 0.25) is 11.7 Å². The molecule has 2 rings (SSSR count). The highest BCUT2D eigenvalue weighted by Crippen LogP contribution is 2.22. The number of nitrogens with two attached hydrogens (primary N) is 1. The number of likely N-dealkylation sites (tertiary alicyclic amines) is 1. The average molecular weight is 289 g/mol. The normalized spacial score (nSPS) is 17.9. The summed E-state index contributed by atoms with van der Waals surface area (Å²) >= 11 is 0. The van der Waals surface area contributed by atoms with Gasteiger partial charge in [-0.2, -0.15) is 0 Å². The van der Waals surface area contributed by atoms with Gasteiger partial charge in [0.1, 0.15) is 6.04 Å². The van der Waals surface area contributed by atoms with E-state index in [9.17, 15) is 14.4 Å². The third kappa shape index (κ3) is 3.66. The molecule has 0 saturated carbocycles. The van der Waals surface area contributed by atoms with E-state index in [0.717, 1.165) is 5.56 Å². The number of hydrogen-bond acceptors (Lipinski definition) is 4. The molecule has 1 aromatic carbocycles. The van der Waals surface area contributed by atoms with Gasteiger partial charge < -0.3 is 16.0 Å². The quantitative estimate of drug-likeness (QED) is 0.711. The number of carbonyl (C=O) groups excluding carboxylic acids is 3. The Morgan fingerprint density at radius 2 is 2.00 bits per heavy atom. The van der Waals surface area contributed by atoms with Crippen molar-refractivity contribution < 1.29 is 14.4 Å². The maximum Gasteiger partial charge on any atom is 0.289 e. The van der Waals surface area contributed by atoms with E-state index < -0.39 is 17.7 Å². The standard InChI is InChI=1S/C15H19N3O3/c16-8-9-17-15(21)14(20)12-6-7-13(19)18(12)10-11-4-2-1-3-5-11/h1-5,12H,6-10,16H2,(H,17,21)/t12-/m1/s1. The van der Waals surface area contributed by atoms with Gasteiger partial charge in [-0.05, 0) is 12.0 Å². The molecule has 6 heteroatoms. The number of nitrogens with one attached hydrogen (secondary N) is 1. The first-order chi connectivity index (χ1) is 10.1. The lowest BCUT2D eigenvalue weighted by molar-refractivity contribution is -0.143. The number of amides is 2. The second-order valence-corrected chi connectivity index (χ2v) is 4.97. The molecule has 0 aliphatic carbocycles. The summed E-state index contributed by atoms with van der Waals surface area (Å²) in [5.74, 6) is -1.33. The van der Waals surface area contributed by atoms with Crippen molar-refractivity contribution in [1.82, 2.24) is 10.2 Å². The van der Waals surface area contributed by atoms with Crippen molar-refractivity contribution in [2.24, 2.45) is 5.73 Å². The lowest BCUT2D eigenvalue weighted by atomic mass is 10.1. The summed E-state index contributed by atoms with van der Waals surface area (Å²) in [5, 5.41) is 2.46. The van der Waals surface area contributed by atoms with E-state index in [1.165, 1.54) is 4.90 Å². The van der Waals surface area contributed by atoms with Crippen LogP contribution in [0.5, 0.6) is 0 Å². The summed E-state index contributed by atoms with van der Waals surface area (Å²) in [7, 11) is 0. The van der Waals surface area contributed by atoms with Crippen LogP contribution in [0.3, 0.4) is 0 Å². The van der Waals surface area contributed by atoms with E-state index in [4.69, 9.17) is 5.73 Å². The minimum Gasteiger partial charge on any atom is -0.348 e. The first kappa shape index (κ1) is 15.2. The second kappa shape index (κ2) is 6.99. The molecule has 1 aromatic rings. The minimum absolute atomic E-state index is 0.0937. The zero-order chi connectivity index (χ0) is 15.2. The Morgan fingerprint density at radius 1 is 1.29 bits per heavy atom. The van der Waals surface area contributed by atoms with Crippen LogP contribution in [0.1, 0.15) is 18.4 Å². The highest BCUT2D eigenvalue weighted by Gasteiger charge is 2.38. The predicted octanol–water partition coefficient (Wildman–Crippen LogP) is -0.178. The molecule has 0 bridgehead atoms. The van der Waals surface area contributed by atoms with E-state index >= 15 is 0 Å². The fraction of sp³-hybridized carbons (Fsp3) is 0.400. The third-order valence-electron chi connectivity index (χ3n) is 3.48. The van der Waals surface area contributed by atoms with Gasteiger partial charge in [0.25, 0.3) is 5.91 Å². The molecule has 1 aliphatic rings. The van der Waals surface area contributed by atoms with Crippen LogP contribution in [0.2, 0.25) is 0 Å². The maximum absolute atomic E-state index is 12.2. The van der Waals surface area contributed by atoms with E-state index in [2.05, 4.69) is 5.32 Å². The third-order valence-corrected chi connectivity index (χ3v) is 3.48. The smallest absolute Gasteiger partial charge is 0.289 e. The molecule has 0 aromatic heterocycles. The summed E-state index contributed by atoms with van der Waals surface area (Å²) in [6, 6.07) is 8.75. The van der Waals surface area contributed by atoms with E-state index in [1.54, 1.807) is 0 Å². The Labute approximate surface area is 123 Å². The monoisotopic (exact) mass is 289 g/mol. The van der Waals surface area contributed by atoms with Crippen molar-refractivity contribution in [1.29, 1.82) is 0 Å². The first-order valence-electron chi connectivity index (χ1n) is 6.99. The predicted molar refractivity (Wildman–Crippen MR) is 77.1 cm³/mol. The molecule has 2 amide bonds. The van der Waals surface area contributed by atoms with E-state index in [-0.39, 0.29) is 19.0 Å². The number of hydrogen-bond donors (Lipinski definition) is 2. The number of ketones is 1. The van der Waals surface area contributed by atoms with Gasteiger partial charge in [0, 0.05) is 26.1 Å². The second-order valence-electron chi connectivity index (χ2n) is 4.97. The summed E-state index contributed by atoms with van der Waals surface area (Å²) in [4.78, 5) is 37.3. The van der Waals surface area contributed by atoms with Crippen molar-refractivity contribution >= 4 is 17.6 Å². The van der Waals surface area contributed by atoms with Crippen LogP contribution in [0.4, 0.5) is 0 Å². The van der Waals surface area contributed by atoms with Gasteiger partial charge in [-0.25, -0.2) is 0 Å². The van der Waals surface area contributed by atoms with Crippen LogP contribution in [-0.4, -0.2) is 41.6 Å². The molecule has 1 aliphatic heterocycles. The first-order valence-corrected chi connectivity index (χ1v) is 6.99.